The number of hydrogen-bond acceptors (Lipinski definition) is 3. The van der Waals surface area contributed by atoms with Gasteiger partial charge in [0.05, 0.1) is 12.8 Å². The zero-order chi connectivity index (χ0) is 18.5. The molecule has 0 spiro atoms. The van der Waals surface area contributed by atoms with Crippen molar-refractivity contribution in [3.63, 3.8) is 0 Å². The van der Waals surface area contributed by atoms with Crippen LogP contribution in [0, 0.1) is 6.92 Å². The molecule has 28 heavy (non-hydrogen) atoms. The van der Waals surface area contributed by atoms with Gasteiger partial charge in [0.2, 0.25) is 0 Å². The first-order chi connectivity index (χ1) is 13.3. The summed E-state index contributed by atoms with van der Waals surface area (Å²) in [6, 6.07) is 25.0. The van der Waals surface area contributed by atoms with Crippen molar-refractivity contribution in [3.8, 4) is 5.75 Å². The Balaban J connectivity index is 0.00000225. The molecule has 3 aromatic carbocycles. The monoisotopic (exact) mass is 393 g/mol. The molecule has 4 rings (SSSR count). The van der Waals surface area contributed by atoms with Gasteiger partial charge in [-0.15, -0.1) is 12.4 Å². The van der Waals surface area contributed by atoms with Crippen molar-refractivity contribution in [3.05, 3.63) is 102 Å². The van der Waals surface area contributed by atoms with Crippen LogP contribution in [0.1, 0.15) is 22.5 Å². The van der Waals surface area contributed by atoms with E-state index in [9.17, 15) is 0 Å². The van der Waals surface area contributed by atoms with Crippen LogP contribution in [0.2, 0.25) is 0 Å². The molecule has 144 valence electrons. The average molecular weight is 394 g/mol. The van der Waals surface area contributed by atoms with E-state index < -0.39 is 0 Å². The minimum absolute atomic E-state index is 0. The molecule has 0 aliphatic carbocycles. The highest BCUT2D eigenvalue weighted by Gasteiger charge is 2.09. The molecule has 1 heterocycles. The fourth-order valence-electron chi connectivity index (χ4n) is 3.20. The number of hydrogen-bond donors (Lipinski definition) is 1. The van der Waals surface area contributed by atoms with Crippen molar-refractivity contribution in [2.24, 2.45) is 0 Å². The van der Waals surface area contributed by atoms with Gasteiger partial charge in [0.1, 0.15) is 18.1 Å². The quantitative estimate of drug-likeness (QED) is 0.416. The van der Waals surface area contributed by atoms with Crippen molar-refractivity contribution < 1.29 is 9.15 Å². The molecule has 0 unspecified atom stereocenters. The standard InChI is InChI=1S/C24H23NO2.ClH/c1-18-8-10-19(11-9-18)17-27-24-13-12-20-5-2-3-7-22(20)23(24)16-25-15-21-6-4-14-26-21;/h2-14,25H,15-17H2,1H3;1H. The van der Waals surface area contributed by atoms with Gasteiger partial charge in [-0.2, -0.15) is 0 Å². The smallest absolute Gasteiger partial charge is 0.124 e. The molecule has 0 bridgehead atoms. The highest BCUT2D eigenvalue weighted by Crippen LogP contribution is 2.29. The van der Waals surface area contributed by atoms with Gasteiger partial charge >= 0.3 is 0 Å². The molecule has 0 aliphatic heterocycles. The van der Waals surface area contributed by atoms with E-state index in [1.165, 1.54) is 27.5 Å². The highest BCUT2D eigenvalue weighted by atomic mass is 35.5. The number of rotatable bonds is 7. The summed E-state index contributed by atoms with van der Waals surface area (Å²) in [4.78, 5) is 0. The Morgan fingerprint density at radius 1 is 0.857 bits per heavy atom. The van der Waals surface area contributed by atoms with Crippen molar-refractivity contribution in [2.75, 3.05) is 0 Å². The Bertz CT molecular complexity index is 1010. The third-order valence-corrected chi connectivity index (χ3v) is 4.69. The first-order valence-electron chi connectivity index (χ1n) is 9.22. The number of furan rings is 1. The lowest BCUT2D eigenvalue weighted by molar-refractivity contribution is 0.302. The van der Waals surface area contributed by atoms with Crippen LogP contribution >= 0.6 is 12.4 Å². The SMILES string of the molecule is Cc1ccc(COc2ccc3ccccc3c2CNCc2ccco2)cc1.Cl. The maximum atomic E-state index is 6.20. The Morgan fingerprint density at radius 2 is 1.68 bits per heavy atom. The first kappa shape index (κ1) is 20.0. The fraction of sp³-hybridized carbons (Fsp3) is 0.167. The lowest BCUT2D eigenvalue weighted by Crippen LogP contribution is -2.13. The third-order valence-electron chi connectivity index (χ3n) is 4.69. The second-order valence-corrected chi connectivity index (χ2v) is 6.72. The molecule has 0 saturated carbocycles. The van der Waals surface area contributed by atoms with Crippen LogP contribution in [-0.4, -0.2) is 0 Å². The molecule has 0 fully saturated rings. The van der Waals surface area contributed by atoms with Crippen molar-refractivity contribution in [1.29, 1.82) is 0 Å². The van der Waals surface area contributed by atoms with Gasteiger partial charge in [-0.3, -0.25) is 0 Å². The highest BCUT2D eigenvalue weighted by molar-refractivity contribution is 5.87. The molecule has 0 radical (unpaired) electrons. The zero-order valence-electron chi connectivity index (χ0n) is 15.9. The van der Waals surface area contributed by atoms with Crippen LogP contribution in [0.15, 0.2) is 83.5 Å². The van der Waals surface area contributed by atoms with E-state index >= 15 is 0 Å². The Morgan fingerprint density at radius 3 is 2.46 bits per heavy atom. The Hall–Kier alpha value is -2.75. The maximum absolute atomic E-state index is 6.20. The summed E-state index contributed by atoms with van der Waals surface area (Å²) in [5, 5.41) is 5.90. The molecule has 3 nitrogen and oxygen atoms in total. The van der Waals surface area contributed by atoms with Gasteiger partial charge in [-0.05, 0) is 41.5 Å². The molecule has 1 N–H and O–H groups in total. The van der Waals surface area contributed by atoms with Gasteiger partial charge in [0.25, 0.3) is 0 Å². The zero-order valence-corrected chi connectivity index (χ0v) is 16.7. The fourth-order valence-corrected chi connectivity index (χ4v) is 3.20. The van der Waals surface area contributed by atoms with Gasteiger partial charge in [-0.1, -0.05) is 60.2 Å². The second-order valence-electron chi connectivity index (χ2n) is 6.72. The summed E-state index contributed by atoms with van der Waals surface area (Å²) in [6.07, 6.45) is 1.70. The van der Waals surface area contributed by atoms with Gasteiger partial charge in [-0.25, -0.2) is 0 Å². The lowest BCUT2D eigenvalue weighted by Gasteiger charge is -2.15. The van der Waals surface area contributed by atoms with Gasteiger partial charge < -0.3 is 14.5 Å². The average Bonchev–Trinajstić information content (AvgIpc) is 3.22. The van der Waals surface area contributed by atoms with Crippen molar-refractivity contribution in [1.82, 2.24) is 5.32 Å². The lowest BCUT2D eigenvalue weighted by atomic mass is 10.0. The molecule has 0 amide bonds. The van der Waals surface area contributed by atoms with Crippen molar-refractivity contribution >= 4 is 23.2 Å². The molecule has 0 aliphatic rings. The number of fused-ring (bicyclic) bond motifs is 1. The predicted octanol–water partition coefficient (Wildman–Crippen LogP) is 6.03. The predicted molar refractivity (Wildman–Crippen MR) is 116 cm³/mol. The Kier molecular flexibility index (Phi) is 6.75. The molecule has 1 aromatic heterocycles. The number of aryl methyl sites for hydroxylation is 1. The van der Waals surface area contributed by atoms with E-state index in [4.69, 9.17) is 9.15 Å². The topological polar surface area (TPSA) is 34.4 Å². The van der Waals surface area contributed by atoms with Gasteiger partial charge in [0.15, 0.2) is 0 Å². The van der Waals surface area contributed by atoms with Crippen LogP contribution in [0.25, 0.3) is 10.8 Å². The largest absolute Gasteiger partial charge is 0.489 e. The second kappa shape index (κ2) is 9.45. The number of ether oxygens (including phenoxy) is 1. The molecule has 0 saturated heterocycles. The summed E-state index contributed by atoms with van der Waals surface area (Å²) in [7, 11) is 0. The van der Waals surface area contributed by atoms with Crippen LogP contribution in [0.3, 0.4) is 0 Å². The van der Waals surface area contributed by atoms with Crippen LogP contribution in [0.4, 0.5) is 0 Å². The minimum Gasteiger partial charge on any atom is -0.489 e. The van der Waals surface area contributed by atoms with Gasteiger partial charge in [0, 0.05) is 12.1 Å². The van der Waals surface area contributed by atoms with Crippen LogP contribution in [0.5, 0.6) is 5.75 Å². The van der Waals surface area contributed by atoms with E-state index in [0.717, 1.165) is 11.5 Å². The van der Waals surface area contributed by atoms with Crippen LogP contribution in [-0.2, 0) is 19.7 Å². The number of halogens is 1. The molecular formula is C24H24ClNO2. The van der Waals surface area contributed by atoms with Crippen LogP contribution < -0.4 is 10.1 Å². The first-order valence-corrected chi connectivity index (χ1v) is 9.22. The molecular weight excluding hydrogens is 370 g/mol. The summed E-state index contributed by atoms with van der Waals surface area (Å²) in [6.45, 7) is 4.06. The third kappa shape index (κ3) is 4.75. The minimum atomic E-state index is 0. The van der Waals surface area contributed by atoms with E-state index in [-0.39, 0.29) is 12.4 Å². The number of benzene rings is 3. The normalized spacial score (nSPS) is 10.6. The molecule has 0 atom stereocenters. The number of nitrogens with one attached hydrogen (secondary N) is 1. The van der Waals surface area contributed by atoms with Crippen molar-refractivity contribution in [2.45, 2.75) is 26.6 Å². The van der Waals surface area contributed by atoms with E-state index in [1.807, 2.05) is 12.1 Å². The summed E-state index contributed by atoms with van der Waals surface area (Å²) >= 11 is 0. The van der Waals surface area contributed by atoms with E-state index in [0.29, 0.717) is 19.7 Å². The molecule has 4 heteroatoms. The van der Waals surface area contributed by atoms with E-state index in [1.54, 1.807) is 6.26 Å². The summed E-state index contributed by atoms with van der Waals surface area (Å²) < 4.78 is 11.6. The Labute approximate surface area is 171 Å². The van der Waals surface area contributed by atoms with E-state index in [2.05, 4.69) is 72.9 Å². The summed E-state index contributed by atoms with van der Waals surface area (Å²) in [5.41, 5.74) is 3.60. The molecule has 4 aromatic rings. The maximum Gasteiger partial charge on any atom is 0.124 e. The summed E-state index contributed by atoms with van der Waals surface area (Å²) in [5.74, 6) is 1.85.